The number of rotatable bonds is 0. The summed E-state index contributed by atoms with van der Waals surface area (Å²) < 4.78 is 5.62. The zero-order valence-corrected chi connectivity index (χ0v) is 17.5. The summed E-state index contributed by atoms with van der Waals surface area (Å²) in [6, 6.07) is 30.2. The molecule has 0 saturated carbocycles. The van der Waals surface area contributed by atoms with E-state index in [1.807, 2.05) is 22.7 Å². The van der Waals surface area contributed by atoms with Gasteiger partial charge in [-0.2, -0.15) is 0 Å². The molecule has 28 heavy (non-hydrogen) atoms. The first kappa shape index (κ1) is 17.4. The zero-order chi connectivity index (χ0) is 19.1. The molecule has 0 unspecified atom stereocenters. The molecular weight excluding hydrogens is 376 g/mol. The number of benzene rings is 4. The Hall–Kier alpha value is -2.68. The van der Waals surface area contributed by atoms with E-state index in [9.17, 15) is 0 Å². The lowest BCUT2D eigenvalue weighted by Crippen LogP contribution is -1.71. The summed E-state index contributed by atoms with van der Waals surface area (Å²) in [4.78, 5) is 0. The van der Waals surface area contributed by atoms with E-state index < -0.39 is 0 Å². The SMILES string of the molecule is Cc1cccc2c1sc1c(C)cccc12.c1ccc2c(c1)sc1ccccc12. The van der Waals surface area contributed by atoms with Gasteiger partial charge in [0.1, 0.15) is 0 Å². The summed E-state index contributed by atoms with van der Waals surface area (Å²) in [5.74, 6) is 0. The molecular formula is C26H20S2. The van der Waals surface area contributed by atoms with Gasteiger partial charge in [-0.15, -0.1) is 22.7 Å². The molecule has 6 aromatic rings. The Bertz CT molecular complexity index is 1330. The van der Waals surface area contributed by atoms with Gasteiger partial charge < -0.3 is 0 Å². The predicted octanol–water partition coefficient (Wildman–Crippen LogP) is 8.73. The summed E-state index contributed by atoms with van der Waals surface area (Å²) in [5.41, 5.74) is 2.77. The molecule has 0 amide bonds. The van der Waals surface area contributed by atoms with Crippen LogP contribution in [0.25, 0.3) is 40.3 Å². The Morgan fingerprint density at radius 2 is 0.857 bits per heavy atom. The zero-order valence-electron chi connectivity index (χ0n) is 15.9. The maximum Gasteiger partial charge on any atom is 0.0384 e. The van der Waals surface area contributed by atoms with Crippen LogP contribution in [0.4, 0.5) is 0 Å². The van der Waals surface area contributed by atoms with Crippen LogP contribution < -0.4 is 0 Å². The van der Waals surface area contributed by atoms with Gasteiger partial charge >= 0.3 is 0 Å². The lowest BCUT2D eigenvalue weighted by Gasteiger charge is -1.94. The number of hydrogen-bond acceptors (Lipinski definition) is 2. The van der Waals surface area contributed by atoms with Crippen LogP contribution in [0.1, 0.15) is 11.1 Å². The number of fused-ring (bicyclic) bond motifs is 6. The second-order valence-corrected chi connectivity index (χ2v) is 9.20. The second-order valence-electron chi connectivity index (χ2n) is 7.10. The van der Waals surface area contributed by atoms with Gasteiger partial charge in [0.25, 0.3) is 0 Å². The van der Waals surface area contributed by atoms with E-state index in [0.717, 1.165) is 0 Å². The molecule has 0 bridgehead atoms. The molecule has 0 radical (unpaired) electrons. The number of thiophene rings is 2. The van der Waals surface area contributed by atoms with Crippen LogP contribution in [0.2, 0.25) is 0 Å². The van der Waals surface area contributed by atoms with E-state index in [0.29, 0.717) is 0 Å². The first-order valence-corrected chi connectivity index (χ1v) is 11.1. The highest BCUT2D eigenvalue weighted by molar-refractivity contribution is 7.26. The Kier molecular flexibility index (Phi) is 4.38. The standard InChI is InChI=1S/C14H12S.C12H8S/c1-9-5-3-7-11-12-8-4-6-10(2)14(12)15-13(9)11;1-3-7-11-9(5-1)10-6-2-4-8-12(10)13-11/h3-8H,1-2H3;1-8H. The van der Waals surface area contributed by atoms with E-state index in [1.54, 1.807) is 0 Å². The average molecular weight is 397 g/mol. The van der Waals surface area contributed by atoms with Gasteiger partial charge in [-0.1, -0.05) is 72.8 Å². The summed E-state index contributed by atoms with van der Waals surface area (Å²) in [5, 5.41) is 5.56. The van der Waals surface area contributed by atoms with E-state index in [2.05, 4.69) is 98.8 Å². The van der Waals surface area contributed by atoms with Gasteiger partial charge in [0, 0.05) is 40.3 Å². The molecule has 2 heteroatoms. The van der Waals surface area contributed by atoms with Crippen LogP contribution in [0.15, 0.2) is 84.9 Å². The molecule has 0 aliphatic heterocycles. The van der Waals surface area contributed by atoms with Crippen molar-refractivity contribution in [1.82, 2.24) is 0 Å². The Morgan fingerprint density at radius 3 is 1.36 bits per heavy atom. The van der Waals surface area contributed by atoms with Crippen LogP contribution in [-0.4, -0.2) is 0 Å². The highest BCUT2D eigenvalue weighted by atomic mass is 32.1. The minimum Gasteiger partial charge on any atom is -0.135 e. The Labute approximate surface area is 172 Å². The minimum atomic E-state index is 1.38. The first-order chi connectivity index (χ1) is 13.7. The third kappa shape index (κ3) is 2.90. The van der Waals surface area contributed by atoms with E-state index in [-0.39, 0.29) is 0 Å². The van der Waals surface area contributed by atoms with Crippen LogP contribution in [0.3, 0.4) is 0 Å². The predicted molar refractivity (Wildman–Crippen MR) is 128 cm³/mol. The monoisotopic (exact) mass is 396 g/mol. The molecule has 0 atom stereocenters. The van der Waals surface area contributed by atoms with E-state index in [4.69, 9.17) is 0 Å². The highest BCUT2D eigenvalue weighted by Gasteiger charge is 2.07. The van der Waals surface area contributed by atoms with Crippen LogP contribution in [0, 0.1) is 13.8 Å². The molecule has 4 aromatic carbocycles. The second kappa shape index (κ2) is 7.05. The topological polar surface area (TPSA) is 0 Å². The third-order valence-corrected chi connectivity index (χ3v) is 7.85. The van der Waals surface area contributed by atoms with Crippen LogP contribution in [-0.2, 0) is 0 Å². The highest BCUT2D eigenvalue weighted by Crippen LogP contribution is 2.37. The smallest absolute Gasteiger partial charge is 0.0384 e. The molecule has 0 aliphatic rings. The van der Waals surface area contributed by atoms with Crippen molar-refractivity contribution in [1.29, 1.82) is 0 Å². The van der Waals surface area contributed by atoms with Gasteiger partial charge in [-0.25, -0.2) is 0 Å². The number of hydrogen-bond donors (Lipinski definition) is 0. The molecule has 0 saturated heterocycles. The summed E-state index contributed by atoms with van der Waals surface area (Å²) in [6.07, 6.45) is 0. The number of aryl methyl sites for hydroxylation is 2. The normalized spacial score (nSPS) is 11.2. The largest absolute Gasteiger partial charge is 0.135 e. The fourth-order valence-electron chi connectivity index (χ4n) is 3.78. The van der Waals surface area contributed by atoms with Gasteiger partial charge in [0.05, 0.1) is 0 Å². The van der Waals surface area contributed by atoms with Crippen molar-refractivity contribution in [3.8, 4) is 0 Å². The van der Waals surface area contributed by atoms with Gasteiger partial charge in [-0.3, -0.25) is 0 Å². The van der Waals surface area contributed by atoms with Crippen molar-refractivity contribution in [2.75, 3.05) is 0 Å². The van der Waals surface area contributed by atoms with Gasteiger partial charge in [0.2, 0.25) is 0 Å². The van der Waals surface area contributed by atoms with Crippen molar-refractivity contribution >= 4 is 63.0 Å². The molecule has 6 rings (SSSR count). The molecule has 0 fully saturated rings. The molecule has 2 heterocycles. The Morgan fingerprint density at radius 1 is 0.429 bits per heavy atom. The molecule has 0 spiro atoms. The molecule has 2 aromatic heterocycles. The van der Waals surface area contributed by atoms with Crippen molar-refractivity contribution in [3.05, 3.63) is 96.1 Å². The third-order valence-electron chi connectivity index (χ3n) is 5.20. The first-order valence-electron chi connectivity index (χ1n) is 9.46. The summed E-state index contributed by atoms with van der Waals surface area (Å²) >= 11 is 3.78. The molecule has 0 aliphatic carbocycles. The van der Waals surface area contributed by atoms with Gasteiger partial charge in [-0.05, 0) is 37.1 Å². The van der Waals surface area contributed by atoms with Crippen molar-refractivity contribution in [3.63, 3.8) is 0 Å². The average Bonchev–Trinajstić information content (AvgIpc) is 3.29. The molecule has 0 nitrogen and oxygen atoms in total. The maximum atomic E-state index is 2.22. The van der Waals surface area contributed by atoms with Crippen LogP contribution >= 0.6 is 22.7 Å². The van der Waals surface area contributed by atoms with Gasteiger partial charge in [0.15, 0.2) is 0 Å². The van der Waals surface area contributed by atoms with E-state index in [1.165, 1.54) is 51.5 Å². The molecule has 0 N–H and O–H groups in total. The van der Waals surface area contributed by atoms with E-state index >= 15 is 0 Å². The fourth-order valence-corrected chi connectivity index (χ4v) is 6.12. The quantitative estimate of drug-likeness (QED) is 0.241. The Balaban J connectivity index is 0.000000123. The van der Waals surface area contributed by atoms with Crippen molar-refractivity contribution in [2.24, 2.45) is 0 Å². The minimum absolute atomic E-state index is 1.38. The fraction of sp³-hybridized carbons (Fsp3) is 0.0769. The lowest BCUT2D eigenvalue weighted by molar-refractivity contribution is 1.56. The lowest BCUT2D eigenvalue weighted by atomic mass is 10.1. The van der Waals surface area contributed by atoms with Crippen molar-refractivity contribution < 1.29 is 0 Å². The molecule has 136 valence electrons. The summed E-state index contributed by atoms with van der Waals surface area (Å²) in [7, 11) is 0. The summed E-state index contributed by atoms with van der Waals surface area (Å²) in [6.45, 7) is 4.38. The van der Waals surface area contributed by atoms with Crippen molar-refractivity contribution in [2.45, 2.75) is 13.8 Å². The van der Waals surface area contributed by atoms with Crippen LogP contribution in [0.5, 0.6) is 0 Å². The maximum absolute atomic E-state index is 2.22.